The molecule has 6 heteroatoms. The molecule has 0 fully saturated rings. The van der Waals surface area contributed by atoms with Crippen molar-refractivity contribution in [3.8, 4) is 11.5 Å². The second-order valence-electron chi connectivity index (χ2n) is 5.05. The highest BCUT2D eigenvalue weighted by atomic mass is 32.1. The second-order valence-corrected chi connectivity index (χ2v) is 5.91. The molecule has 1 atom stereocenters. The standard InChI is InChI=1S/C15H16N2O3S/c1-8-7-21-15(16-8)17-14(18)11-5-10-4-9(2)20-13(10)12(6-11)19-3/h5-7,9H,4H2,1-3H3,(H,16,17,18). The van der Waals surface area contributed by atoms with E-state index in [1.54, 1.807) is 13.2 Å². The highest BCUT2D eigenvalue weighted by Gasteiger charge is 2.25. The summed E-state index contributed by atoms with van der Waals surface area (Å²) >= 11 is 1.41. The van der Waals surface area contributed by atoms with Crippen LogP contribution >= 0.6 is 11.3 Å². The highest BCUT2D eigenvalue weighted by Crippen LogP contribution is 2.39. The monoisotopic (exact) mass is 304 g/mol. The van der Waals surface area contributed by atoms with E-state index in [1.807, 2.05) is 25.3 Å². The van der Waals surface area contributed by atoms with Gasteiger partial charge in [0.1, 0.15) is 6.10 Å². The van der Waals surface area contributed by atoms with E-state index < -0.39 is 0 Å². The number of amides is 1. The van der Waals surface area contributed by atoms with Crippen LogP contribution in [0.4, 0.5) is 5.13 Å². The third-order valence-electron chi connectivity index (χ3n) is 3.28. The van der Waals surface area contributed by atoms with Gasteiger partial charge in [-0.15, -0.1) is 11.3 Å². The van der Waals surface area contributed by atoms with Gasteiger partial charge >= 0.3 is 0 Å². The van der Waals surface area contributed by atoms with Gasteiger partial charge in [-0.05, 0) is 26.0 Å². The number of carbonyl (C=O) groups excluding carboxylic acids is 1. The van der Waals surface area contributed by atoms with Gasteiger partial charge in [0.05, 0.1) is 12.8 Å². The number of hydrogen-bond donors (Lipinski definition) is 1. The lowest BCUT2D eigenvalue weighted by Crippen LogP contribution is -2.12. The van der Waals surface area contributed by atoms with Crippen LogP contribution in [0.2, 0.25) is 0 Å². The number of ether oxygens (including phenoxy) is 2. The Labute approximate surface area is 126 Å². The van der Waals surface area contributed by atoms with Crippen molar-refractivity contribution in [3.05, 3.63) is 34.3 Å². The average Bonchev–Trinajstić information content (AvgIpc) is 3.02. The van der Waals surface area contributed by atoms with Crippen LogP contribution in [0.3, 0.4) is 0 Å². The summed E-state index contributed by atoms with van der Waals surface area (Å²) in [5, 5.41) is 5.30. The summed E-state index contributed by atoms with van der Waals surface area (Å²) in [6.45, 7) is 3.89. The molecule has 0 spiro atoms. The van der Waals surface area contributed by atoms with Crippen LogP contribution in [-0.2, 0) is 6.42 Å². The number of hydrogen-bond acceptors (Lipinski definition) is 5. The average molecular weight is 304 g/mol. The third-order valence-corrected chi connectivity index (χ3v) is 4.16. The molecular formula is C15H16N2O3S. The van der Waals surface area contributed by atoms with Gasteiger partial charge in [-0.3, -0.25) is 10.1 Å². The molecule has 1 aliphatic rings. The van der Waals surface area contributed by atoms with E-state index in [0.29, 0.717) is 16.4 Å². The van der Waals surface area contributed by atoms with Crippen molar-refractivity contribution in [1.82, 2.24) is 4.98 Å². The summed E-state index contributed by atoms with van der Waals surface area (Å²) in [4.78, 5) is 16.6. The number of nitrogens with zero attached hydrogens (tertiary/aromatic N) is 1. The Kier molecular flexibility index (Phi) is 3.55. The van der Waals surface area contributed by atoms with Crippen molar-refractivity contribution in [2.45, 2.75) is 26.4 Å². The molecule has 1 N–H and O–H groups in total. The van der Waals surface area contributed by atoms with Crippen molar-refractivity contribution in [2.75, 3.05) is 12.4 Å². The summed E-state index contributed by atoms with van der Waals surface area (Å²) in [7, 11) is 1.58. The van der Waals surface area contributed by atoms with E-state index in [0.717, 1.165) is 23.4 Å². The molecule has 0 aliphatic carbocycles. The Morgan fingerprint density at radius 1 is 1.52 bits per heavy atom. The fraction of sp³-hybridized carbons (Fsp3) is 0.333. The number of anilines is 1. The van der Waals surface area contributed by atoms with Crippen molar-refractivity contribution in [2.24, 2.45) is 0 Å². The number of fused-ring (bicyclic) bond motifs is 1. The summed E-state index contributed by atoms with van der Waals surface area (Å²) in [5.74, 6) is 1.15. The van der Waals surface area contributed by atoms with Gasteiger partial charge in [-0.2, -0.15) is 0 Å². The lowest BCUT2D eigenvalue weighted by Gasteiger charge is -2.10. The first-order valence-electron chi connectivity index (χ1n) is 6.68. The molecule has 2 aromatic rings. The zero-order valence-corrected chi connectivity index (χ0v) is 12.9. The van der Waals surface area contributed by atoms with Crippen molar-refractivity contribution in [3.63, 3.8) is 0 Å². The maximum Gasteiger partial charge on any atom is 0.257 e. The number of thiazole rings is 1. The van der Waals surface area contributed by atoms with Crippen LogP contribution in [0.25, 0.3) is 0 Å². The maximum absolute atomic E-state index is 12.3. The van der Waals surface area contributed by atoms with Gasteiger partial charge in [0, 0.05) is 22.9 Å². The van der Waals surface area contributed by atoms with Crippen LogP contribution in [0.5, 0.6) is 11.5 Å². The van der Waals surface area contributed by atoms with Gasteiger partial charge in [0.15, 0.2) is 16.6 Å². The fourth-order valence-electron chi connectivity index (χ4n) is 2.36. The number of benzene rings is 1. The zero-order valence-electron chi connectivity index (χ0n) is 12.1. The first-order chi connectivity index (χ1) is 10.1. The van der Waals surface area contributed by atoms with Crippen LogP contribution in [-0.4, -0.2) is 24.1 Å². The molecule has 1 aromatic heterocycles. The van der Waals surface area contributed by atoms with E-state index in [9.17, 15) is 4.79 Å². The molecule has 1 amide bonds. The number of methoxy groups -OCH3 is 1. The molecule has 21 heavy (non-hydrogen) atoms. The Balaban J connectivity index is 1.89. The smallest absolute Gasteiger partial charge is 0.257 e. The Morgan fingerprint density at radius 2 is 2.33 bits per heavy atom. The number of aryl methyl sites for hydroxylation is 1. The van der Waals surface area contributed by atoms with Crippen LogP contribution in [0, 0.1) is 6.92 Å². The number of nitrogens with one attached hydrogen (secondary N) is 1. The largest absolute Gasteiger partial charge is 0.493 e. The third kappa shape index (κ3) is 2.71. The molecule has 2 heterocycles. The van der Waals surface area contributed by atoms with Gasteiger partial charge in [0.2, 0.25) is 0 Å². The molecular weight excluding hydrogens is 288 g/mol. The number of carbonyl (C=O) groups is 1. The highest BCUT2D eigenvalue weighted by molar-refractivity contribution is 7.13. The molecule has 0 radical (unpaired) electrons. The predicted molar refractivity (Wildman–Crippen MR) is 81.6 cm³/mol. The van der Waals surface area contributed by atoms with E-state index in [4.69, 9.17) is 9.47 Å². The summed E-state index contributed by atoms with van der Waals surface area (Å²) in [5.41, 5.74) is 2.45. The first kappa shape index (κ1) is 13.9. The summed E-state index contributed by atoms with van der Waals surface area (Å²) in [6, 6.07) is 3.56. The number of rotatable bonds is 3. The lowest BCUT2D eigenvalue weighted by molar-refractivity contribution is 0.102. The summed E-state index contributed by atoms with van der Waals surface area (Å²) < 4.78 is 11.1. The Bertz CT molecular complexity index is 696. The minimum atomic E-state index is -0.190. The van der Waals surface area contributed by atoms with E-state index in [-0.39, 0.29) is 12.0 Å². The molecule has 5 nitrogen and oxygen atoms in total. The number of aromatic nitrogens is 1. The van der Waals surface area contributed by atoms with Crippen molar-refractivity contribution < 1.29 is 14.3 Å². The SMILES string of the molecule is COc1cc(C(=O)Nc2nc(C)cs2)cc2c1OC(C)C2. The summed E-state index contributed by atoms with van der Waals surface area (Å²) in [6.07, 6.45) is 0.886. The Hall–Kier alpha value is -2.08. The second kappa shape index (κ2) is 5.37. The van der Waals surface area contributed by atoms with Gasteiger partial charge in [0.25, 0.3) is 5.91 Å². The molecule has 0 saturated heterocycles. The minimum absolute atomic E-state index is 0.105. The fourth-order valence-corrected chi connectivity index (χ4v) is 3.04. The molecule has 1 aliphatic heterocycles. The normalized spacial score (nSPS) is 16.2. The van der Waals surface area contributed by atoms with Crippen molar-refractivity contribution >= 4 is 22.4 Å². The van der Waals surface area contributed by atoms with E-state index in [2.05, 4.69) is 10.3 Å². The van der Waals surface area contributed by atoms with Crippen LogP contribution in [0.15, 0.2) is 17.5 Å². The van der Waals surface area contributed by atoms with Crippen LogP contribution < -0.4 is 14.8 Å². The topological polar surface area (TPSA) is 60.5 Å². The molecule has 110 valence electrons. The molecule has 0 saturated carbocycles. The van der Waals surface area contributed by atoms with Crippen molar-refractivity contribution in [1.29, 1.82) is 0 Å². The predicted octanol–water partition coefficient (Wildman–Crippen LogP) is 3.04. The van der Waals surface area contributed by atoms with Crippen LogP contribution in [0.1, 0.15) is 28.5 Å². The Morgan fingerprint density at radius 3 is 3.00 bits per heavy atom. The quantitative estimate of drug-likeness (QED) is 0.947. The van der Waals surface area contributed by atoms with E-state index in [1.165, 1.54) is 11.3 Å². The first-order valence-corrected chi connectivity index (χ1v) is 7.56. The zero-order chi connectivity index (χ0) is 15.0. The molecule has 3 rings (SSSR count). The maximum atomic E-state index is 12.3. The minimum Gasteiger partial charge on any atom is -0.493 e. The lowest BCUT2D eigenvalue weighted by atomic mass is 10.1. The van der Waals surface area contributed by atoms with E-state index >= 15 is 0 Å². The molecule has 0 bridgehead atoms. The van der Waals surface area contributed by atoms with Gasteiger partial charge < -0.3 is 9.47 Å². The molecule has 1 unspecified atom stereocenters. The van der Waals surface area contributed by atoms with Gasteiger partial charge in [-0.1, -0.05) is 0 Å². The van der Waals surface area contributed by atoms with Gasteiger partial charge in [-0.25, -0.2) is 4.98 Å². The molecule has 1 aromatic carbocycles.